The number of hydrogen-bond donors (Lipinski definition) is 1. The summed E-state index contributed by atoms with van der Waals surface area (Å²) < 4.78 is 0. The van der Waals surface area contributed by atoms with Crippen LogP contribution < -0.4 is 5.32 Å². The highest BCUT2D eigenvalue weighted by atomic mass is 32.1. The lowest BCUT2D eigenvalue weighted by Crippen LogP contribution is -2.42. The van der Waals surface area contributed by atoms with Gasteiger partial charge in [-0.2, -0.15) is 0 Å². The molecule has 1 N–H and O–H groups in total. The van der Waals surface area contributed by atoms with Crippen molar-refractivity contribution < 1.29 is 9.59 Å². The number of aryl methyl sites for hydroxylation is 1. The molecule has 2 fully saturated rings. The van der Waals surface area contributed by atoms with Crippen LogP contribution in [0, 0.1) is 11.8 Å². The van der Waals surface area contributed by atoms with Crippen molar-refractivity contribution in [2.75, 3.05) is 18.4 Å². The lowest BCUT2D eigenvalue weighted by Gasteiger charge is -2.31. The molecule has 0 unspecified atom stereocenters. The van der Waals surface area contributed by atoms with Gasteiger partial charge in [0.05, 0.1) is 5.69 Å². The molecule has 2 amide bonds. The summed E-state index contributed by atoms with van der Waals surface area (Å²) in [5.74, 6) is 0.531. The predicted molar refractivity (Wildman–Crippen MR) is 108 cm³/mol. The van der Waals surface area contributed by atoms with Crippen molar-refractivity contribution in [3.8, 4) is 11.3 Å². The Morgan fingerprint density at radius 1 is 1.11 bits per heavy atom. The van der Waals surface area contributed by atoms with E-state index < -0.39 is 0 Å². The number of aromatic nitrogens is 1. The smallest absolute Gasteiger partial charge is 0.229 e. The standard InChI is InChI=1S/C21H25N3O2S/c1-2-14-3-5-15(6-4-14)18-13-27-21(22-18)23-19(25)16-9-11-24(12-10-16)20(26)17-7-8-17/h3-6,13,16-17H,2,7-12H2,1H3,(H,22,23,25). The van der Waals surface area contributed by atoms with E-state index in [2.05, 4.69) is 41.5 Å². The number of carbonyl (C=O) groups excluding carboxylic acids is 2. The quantitative estimate of drug-likeness (QED) is 0.850. The molecule has 0 spiro atoms. The van der Waals surface area contributed by atoms with Crippen molar-refractivity contribution >= 4 is 28.3 Å². The third-order valence-corrected chi connectivity index (χ3v) is 6.25. The Morgan fingerprint density at radius 3 is 2.44 bits per heavy atom. The summed E-state index contributed by atoms with van der Waals surface area (Å²) in [4.78, 5) is 31.2. The first-order valence-electron chi connectivity index (χ1n) is 9.78. The number of amides is 2. The van der Waals surface area contributed by atoms with Gasteiger partial charge in [0.15, 0.2) is 5.13 Å². The van der Waals surface area contributed by atoms with Crippen molar-refractivity contribution in [2.24, 2.45) is 11.8 Å². The van der Waals surface area contributed by atoms with E-state index in [1.54, 1.807) is 0 Å². The van der Waals surface area contributed by atoms with Crippen LogP contribution in [-0.4, -0.2) is 34.8 Å². The summed E-state index contributed by atoms with van der Waals surface area (Å²) in [5.41, 5.74) is 3.26. The van der Waals surface area contributed by atoms with Crippen LogP contribution >= 0.6 is 11.3 Å². The van der Waals surface area contributed by atoms with E-state index in [1.165, 1.54) is 16.9 Å². The van der Waals surface area contributed by atoms with Crippen LogP contribution in [0.25, 0.3) is 11.3 Å². The molecule has 4 rings (SSSR count). The molecule has 2 aromatic rings. The number of likely N-dealkylation sites (tertiary alicyclic amines) is 1. The molecule has 5 nitrogen and oxygen atoms in total. The zero-order valence-electron chi connectivity index (χ0n) is 15.6. The number of nitrogens with zero attached hydrogens (tertiary/aromatic N) is 2. The fraction of sp³-hybridized carbons (Fsp3) is 0.476. The van der Waals surface area contributed by atoms with E-state index in [0.29, 0.717) is 18.2 Å². The Kier molecular flexibility index (Phi) is 5.25. The van der Waals surface area contributed by atoms with E-state index in [4.69, 9.17) is 0 Å². The second-order valence-corrected chi connectivity index (χ2v) is 8.31. The van der Waals surface area contributed by atoms with Crippen LogP contribution in [0.2, 0.25) is 0 Å². The first kappa shape index (κ1) is 18.2. The largest absolute Gasteiger partial charge is 0.342 e. The molecule has 2 aliphatic rings. The van der Waals surface area contributed by atoms with Gasteiger partial charge in [-0.3, -0.25) is 9.59 Å². The number of anilines is 1. The molecule has 1 aliphatic heterocycles. The van der Waals surface area contributed by atoms with Gasteiger partial charge in [-0.05, 0) is 37.7 Å². The molecule has 1 aromatic carbocycles. The molecule has 2 heterocycles. The maximum atomic E-state index is 12.6. The zero-order valence-corrected chi connectivity index (χ0v) is 16.4. The first-order valence-corrected chi connectivity index (χ1v) is 10.7. The molecule has 1 aromatic heterocycles. The lowest BCUT2D eigenvalue weighted by atomic mass is 9.95. The SMILES string of the molecule is CCc1ccc(-c2csc(NC(=O)C3CCN(C(=O)C4CC4)CC3)n2)cc1. The number of rotatable bonds is 5. The summed E-state index contributed by atoms with van der Waals surface area (Å²) in [6.07, 6.45) is 4.56. The normalized spacial score (nSPS) is 17.7. The van der Waals surface area contributed by atoms with E-state index >= 15 is 0 Å². The molecule has 0 radical (unpaired) electrons. The highest BCUT2D eigenvalue weighted by molar-refractivity contribution is 7.14. The topological polar surface area (TPSA) is 62.3 Å². The Bertz CT molecular complexity index is 818. The predicted octanol–water partition coefficient (Wildman–Crippen LogP) is 3.96. The van der Waals surface area contributed by atoms with E-state index in [9.17, 15) is 9.59 Å². The molecular weight excluding hydrogens is 358 g/mol. The minimum atomic E-state index is -0.0376. The summed E-state index contributed by atoms with van der Waals surface area (Å²) in [6, 6.07) is 8.38. The van der Waals surface area contributed by atoms with Crippen LogP contribution in [0.4, 0.5) is 5.13 Å². The van der Waals surface area contributed by atoms with Gasteiger partial charge in [0.25, 0.3) is 0 Å². The second-order valence-electron chi connectivity index (χ2n) is 7.45. The van der Waals surface area contributed by atoms with Crippen LogP contribution in [0.15, 0.2) is 29.6 Å². The van der Waals surface area contributed by atoms with Gasteiger partial charge < -0.3 is 10.2 Å². The molecule has 0 atom stereocenters. The highest BCUT2D eigenvalue weighted by Crippen LogP contribution is 2.33. The number of benzene rings is 1. The molecular formula is C21H25N3O2S. The molecule has 1 saturated heterocycles. The summed E-state index contributed by atoms with van der Waals surface area (Å²) in [5, 5.41) is 5.59. The van der Waals surface area contributed by atoms with E-state index in [-0.39, 0.29) is 23.7 Å². The van der Waals surface area contributed by atoms with Crippen LogP contribution in [0.1, 0.15) is 38.2 Å². The highest BCUT2D eigenvalue weighted by Gasteiger charge is 2.36. The fourth-order valence-corrected chi connectivity index (χ4v) is 4.26. The molecule has 142 valence electrons. The van der Waals surface area contributed by atoms with E-state index in [0.717, 1.165) is 43.4 Å². The van der Waals surface area contributed by atoms with Gasteiger partial charge in [0.1, 0.15) is 0 Å². The summed E-state index contributed by atoms with van der Waals surface area (Å²) in [6.45, 7) is 3.53. The number of hydrogen-bond acceptors (Lipinski definition) is 4. The minimum absolute atomic E-state index is 0.0238. The molecule has 1 saturated carbocycles. The van der Waals surface area contributed by atoms with Gasteiger partial charge >= 0.3 is 0 Å². The van der Waals surface area contributed by atoms with Gasteiger partial charge in [-0.1, -0.05) is 31.2 Å². The second kappa shape index (κ2) is 7.80. The van der Waals surface area contributed by atoms with Crippen LogP contribution in [-0.2, 0) is 16.0 Å². The Hall–Kier alpha value is -2.21. The van der Waals surface area contributed by atoms with Crippen molar-refractivity contribution in [3.05, 3.63) is 35.2 Å². The Balaban J connectivity index is 1.32. The van der Waals surface area contributed by atoms with E-state index in [1.807, 2.05) is 10.3 Å². The third-order valence-electron chi connectivity index (χ3n) is 5.50. The summed E-state index contributed by atoms with van der Waals surface area (Å²) in [7, 11) is 0. The third kappa shape index (κ3) is 4.21. The summed E-state index contributed by atoms with van der Waals surface area (Å²) >= 11 is 1.46. The van der Waals surface area contributed by atoms with Gasteiger partial charge in [-0.25, -0.2) is 4.98 Å². The first-order chi connectivity index (χ1) is 13.1. The Morgan fingerprint density at radius 2 is 1.81 bits per heavy atom. The number of nitrogens with one attached hydrogen (secondary N) is 1. The average molecular weight is 384 g/mol. The van der Waals surface area contributed by atoms with Crippen molar-refractivity contribution in [1.82, 2.24) is 9.88 Å². The molecule has 0 bridgehead atoms. The molecule has 1 aliphatic carbocycles. The van der Waals surface area contributed by atoms with Crippen molar-refractivity contribution in [2.45, 2.75) is 39.0 Å². The van der Waals surface area contributed by atoms with Crippen molar-refractivity contribution in [1.29, 1.82) is 0 Å². The number of thiazole rings is 1. The monoisotopic (exact) mass is 383 g/mol. The maximum Gasteiger partial charge on any atom is 0.229 e. The number of piperidine rings is 1. The van der Waals surface area contributed by atoms with Crippen molar-refractivity contribution in [3.63, 3.8) is 0 Å². The van der Waals surface area contributed by atoms with Crippen LogP contribution in [0.3, 0.4) is 0 Å². The lowest BCUT2D eigenvalue weighted by molar-refractivity contribution is -0.135. The average Bonchev–Trinajstić information content (AvgIpc) is 3.46. The van der Waals surface area contributed by atoms with Gasteiger partial charge in [0, 0.05) is 35.9 Å². The number of carbonyl (C=O) groups is 2. The zero-order chi connectivity index (χ0) is 18.8. The fourth-order valence-electron chi connectivity index (χ4n) is 3.53. The Labute approximate surface area is 163 Å². The maximum absolute atomic E-state index is 12.6. The van der Waals surface area contributed by atoms with Gasteiger partial charge in [-0.15, -0.1) is 11.3 Å². The minimum Gasteiger partial charge on any atom is -0.342 e. The molecule has 6 heteroatoms. The molecule has 27 heavy (non-hydrogen) atoms. The van der Waals surface area contributed by atoms with Crippen LogP contribution in [0.5, 0.6) is 0 Å². The van der Waals surface area contributed by atoms with Gasteiger partial charge in [0.2, 0.25) is 11.8 Å².